The topological polar surface area (TPSA) is 52.9 Å². The van der Waals surface area contributed by atoms with Crippen LogP contribution in [-0.2, 0) is 13.0 Å². The maximum absolute atomic E-state index is 9.54. The number of benzene rings is 3. The van der Waals surface area contributed by atoms with Crippen molar-refractivity contribution >= 4 is 5.69 Å². The number of para-hydroxylation sites is 2. The van der Waals surface area contributed by atoms with E-state index in [9.17, 15) is 10.2 Å². The first kappa shape index (κ1) is 16.3. The Morgan fingerprint density at radius 1 is 0.808 bits per heavy atom. The minimum absolute atomic E-state index is 0.184. The molecule has 0 fully saturated rings. The third-order valence-corrected chi connectivity index (χ3v) is 4.74. The standard InChI is InChI=1S/C22H21NO3/c24-19-9-5-16(6-10-19)13-18-15-26-22-4-2-1-3-21(22)23(18)14-17-7-11-20(25)12-8-17/h1-12,18,24-25H,13-15H2/t18-/m0/s1. The van der Waals surface area contributed by atoms with Gasteiger partial charge in [-0.05, 0) is 53.9 Å². The molecule has 0 saturated carbocycles. The van der Waals surface area contributed by atoms with Crippen molar-refractivity contribution in [2.75, 3.05) is 11.5 Å². The highest BCUT2D eigenvalue weighted by Crippen LogP contribution is 2.35. The summed E-state index contributed by atoms with van der Waals surface area (Å²) in [5.41, 5.74) is 3.37. The van der Waals surface area contributed by atoms with Gasteiger partial charge in [-0.15, -0.1) is 0 Å². The van der Waals surface area contributed by atoms with Crippen molar-refractivity contribution in [2.45, 2.75) is 19.0 Å². The van der Waals surface area contributed by atoms with E-state index in [2.05, 4.69) is 11.0 Å². The van der Waals surface area contributed by atoms with E-state index < -0.39 is 0 Å². The first-order chi connectivity index (χ1) is 12.7. The van der Waals surface area contributed by atoms with Crippen LogP contribution in [-0.4, -0.2) is 22.9 Å². The van der Waals surface area contributed by atoms with Gasteiger partial charge in [-0.3, -0.25) is 0 Å². The van der Waals surface area contributed by atoms with Gasteiger partial charge in [-0.25, -0.2) is 0 Å². The van der Waals surface area contributed by atoms with Crippen LogP contribution < -0.4 is 9.64 Å². The van der Waals surface area contributed by atoms with E-state index in [1.165, 1.54) is 0 Å². The van der Waals surface area contributed by atoms with Gasteiger partial charge < -0.3 is 19.8 Å². The highest BCUT2D eigenvalue weighted by Gasteiger charge is 2.27. The third kappa shape index (κ3) is 3.45. The number of fused-ring (bicyclic) bond motifs is 1. The molecule has 26 heavy (non-hydrogen) atoms. The first-order valence-electron chi connectivity index (χ1n) is 8.73. The minimum atomic E-state index is 0.184. The number of hydrogen-bond donors (Lipinski definition) is 2. The Kier molecular flexibility index (Phi) is 4.40. The highest BCUT2D eigenvalue weighted by molar-refractivity contribution is 5.61. The van der Waals surface area contributed by atoms with Crippen LogP contribution in [0.4, 0.5) is 5.69 Å². The summed E-state index contributed by atoms with van der Waals surface area (Å²) in [6.45, 7) is 1.35. The largest absolute Gasteiger partial charge is 0.508 e. The average Bonchev–Trinajstić information content (AvgIpc) is 2.67. The molecule has 0 unspecified atom stereocenters. The summed E-state index contributed by atoms with van der Waals surface area (Å²) in [6, 6.07) is 22.9. The Bertz CT molecular complexity index is 875. The van der Waals surface area contributed by atoms with Gasteiger partial charge in [-0.1, -0.05) is 36.4 Å². The zero-order valence-electron chi connectivity index (χ0n) is 14.4. The SMILES string of the molecule is Oc1ccc(C[C@H]2COc3ccccc3N2Cc2ccc(O)cc2)cc1. The fraction of sp³-hybridized carbons (Fsp3) is 0.182. The van der Waals surface area contributed by atoms with Crippen LogP contribution >= 0.6 is 0 Å². The van der Waals surface area contributed by atoms with Crippen molar-refractivity contribution < 1.29 is 14.9 Å². The molecule has 1 aliphatic heterocycles. The molecule has 1 aliphatic rings. The van der Waals surface area contributed by atoms with Gasteiger partial charge in [0, 0.05) is 6.54 Å². The highest BCUT2D eigenvalue weighted by atomic mass is 16.5. The quantitative estimate of drug-likeness (QED) is 0.746. The van der Waals surface area contributed by atoms with Crippen LogP contribution in [0.25, 0.3) is 0 Å². The van der Waals surface area contributed by atoms with Crippen molar-refractivity contribution in [1.29, 1.82) is 0 Å². The van der Waals surface area contributed by atoms with E-state index in [-0.39, 0.29) is 17.5 Å². The van der Waals surface area contributed by atoms with E-state index in [0.29, 0.717) is 6.61 Å². The van der Waals surface area contributed by atoms with Crippen molar-refractivity contribution in [1.82, 2.24) is 0 Å². The molecule has 4 nitrogen and oxygen atoms in total. The third-order valence-electron chi connectivity index (χ3n) is 4.74. The lowest BCUT2D eigenvalue weighted by atomic mass is 10.0. The zero-order chi connectivity index (χ0) is 17.9. The number of rotatable bonds is 4. The molecule has 3 aromatic rings. The Hall–Kier alpha value is -3.14. The molecule has 1 heterocycles. The van der Waals surface area contributed by atoms with E-state index in [0.717, 1.165) is 35.5 Å². The van der Waals surface area contributed by atoms with Gasteiger partial charge in [0.1, 0.15) is 23.9 Å². The van der Waals surface area contributed by atoms with Crippen molar-refractivity contribution in [3.05, 3.63) is 83.9 Å². The maximum atomic E-state index is 9.54. The fourth-order valence-corrected chi connectivity index (χ4v) is 3.37. The van der Waals surface area contributed by atoms with Crippen molar-refractivity contribution in [3.63, 3.8) is 0 Å². The van der Waals surface area contributed by atoms with Crippen molar-refractivity contribution in [3.8, 4) is 17.2 Å². The second kappa shape index (κ2) is 7.00. The summed E-state index contributed by atoms with van der Waals surface area (Å²) in [6.07, 6.45) is 0.826. The van der Waals surface area contributed by atoms with E-state index in [1.54, 1.807) is 24.3 Å². The predicted molar refractivity (Wildman–Crippen MR) is 102 cm³/mol. The van der Waals surface area contributed by atoms with Crippen LogP contribution in [0.15, 0.2) is 72.8 Å². The number of phenols is 2. The summed E-state index contributed by atoms with van der Waals surface area (Å²) < 4.78 is 5.99. The summed E-state index contributed by atoms with van der Waals surface area (Å²) in [5.74, 6) is 1.45. The molecule has 3 aromatic carbocycles. The Balaban J connectivity index is 1.63. The van der Waals surface area contributed by atoms with Crippen LogP contribution in [0.2, 0.25) is 0 Å². The molecule has 1 atom stereocenters. The van der Waals surface area contributed by atoms with Crippen molar-refractivity contribution in [2.24, 2.45) is 0 Å². The predicted octanol–water partition coefficient (Wildman–Crippen LogP) is 4.11. The first-order valence-corrected chi connectivity index (χ1v) is 8.73. The number of aromatic hydroxyl groups is 2. The molecule has 4 rings (SSSR count). The zero-order valence-corrected chi connectivity index (χ0v) is 14.4. The Morgan fingerprint density at radius 2 is 1.42 bits per heavy atom. The summed E-state index contributed by atoms with van der Waals surface area (Å²) in [7, 11) is 0. The molecule has 0 aliphatic carbocycles. The molecular formula is C22H21NO3. The molecule has 132 valence electrons. The molecule has 0 aromatic heterocycles. The van der Waals surface area contributed by atoms with Crippen LogP contribution in [0.3, 0.4) is 0 Å². The monoisotopic (exact) mass is 347 g/mol. The summed E-state index contributed by atoms with van der Waals surface area (Å²) >= 11 is 0. The van der Waals surface area contributed by atoms with Gasteiger partial charge >= 0.3 is 0 Å². The lowest BCUT2D eigenvalue weighted by Crippen LogP contribution is -2.44. The summed E-state index contributed by atoms with van der Waals surface area (Å²) in [5, 5.41) is 19.0. The lowest BCUT2D eigenvalue weighted by Gasteiger charge is -2.39. The minimum Gasteiger partial charge on any atom is -0.508 e. The average molecular weight is 347 g/mol. The number of phenolic OH excluding ortho intramolecular Hbond substituents is 2. The lowest BCUT2D eigenvalue weighted by molar-refractivity contribution is 0.259. The number of ether oxygens (including phenoxy) is 1. The number of hydrogen-bond acceptors (Lipinski definition) is 4. The van der Waals surface area contributed by atoms with E-state index >= 15 is 0 Å². The molecule has 0 saturated heterocycles. The molecule has 0 radical (unpaired) electrons. The molecule has 4 heteroatoms. The smallest absolute Gasteiger partial charge is 0.142 e. The van der Waals surface area contributed by atoms with Crippen LogP contribution in [0.5, 0.6) is 17.2 Å². The van der Waals surface area contributed by atoms with Gasteiger partial charge in [0.15, 0.2) is 0 Å². The molecular weight excluding hydrogens is 326 g/mol. The fourth-order valence-electron chi connectivity index (χ4n) is 3.37. The molecule has 0 amide bonds. The van der Waals surface area contributed by atoms with Gasteiger partial charge in [-0.2, -0.15) is 0 Å². The number of anilines is 1. The summed E-state index contributed by atoms with van der Waals surface area (Å²) in [4.78, 5) is 2.36. The maximum Gasteiger partial charge on any atom is 0.142 e. The van der Waals surface area contributed by atoms with E-state index in [4.69, 9.17) is 4.74 Å². The van der Waals surface area contributed by atoms with E-state index in [1.807, 2.05) is 42.5 Å². The van der Waals surface area contributed by atoms with Gasteiger partial charge in [0.05, 0.1) is 11.7 Å². The normalized spacial score (nSPS) is 16.0. The molecule has 0 spiro atoms. The van der Waals surface area contributed by atoms with Crippen LogP contribution in [0.1, 0.15) is 11.1 Å². The van der Waals surface area contributed by atoms with Gasteiger partial charge in [0.25, 0.3) is 0 Å². The van der Waals surface area contributed by atoms with Gasteiger partial charge in [0.2, 0.25) is 0 Å². The second-order valence-corrected chi connectivity index (χ2v) is 6.60. The van der Waals surface area contributed by atoms with Crippen LogP contribution in [0, 0.1) is 0 Å². The second-order valence-electron chi connectivity index (χ2n) is 6.60. The Labute approximate surface area is 152 Å². The number of nitrogens with zero attached hydrogens (tertiary/aromatic N) is 1. The molecule has 2 N–H and O–H groups in total. The Morgan fingerprint density at radius 3 is 2.12 bits per heavy atom. The molecule has 0 bridgehead atoms.